The van der Waals surface area contributed by atoms with Crippen LogP contribution in [0.2, 0.25) is 0 Å². The van der Waals surface area contributed by atoms with Gasteiger partial charge < -0.3 is 5.11 Å². The van der Waals surface area contributed by atoms with Gasteiger partial charge >= 0.3 is 5.97 Å². The van der Waals surface area contributed by atoms with E-state index in [0.717, 1.165) is 0 Å². The van der Waals surface area contributed by atoms with Gasteiger partial charge in [0.1, 0.15) is 0 Å². The van der Waals surface area contributed by atoms with E-state index in [1.165, 1.54) is 16.9 Å². The molecule has 0 unspecified atom stereocenters. The molecule has 0 fully saturated rings. The van der Waals surface area contributed by atoms with Gasteiger partial charge in [-0.25, -0.2) is 9.67 Å². The summed E-state index contributed by atoms with van der Waals surface area (Å²) in [5, 5.41) is 24.1. The molecule has 1 N–H and O–H groups in total. The topological polar surface area (TPSA) is 111 Å². The van der Waals surface area contributed by atoms with Crippen LogP contribution < -0.4 is 0 Å². The third-order valence-corrected chi connectivity index (χ3v) is 3.24. The highest BCUT2D eigenvalue weighted by Gasteiger charge is 2.19. The molecule has 0 radical (unpaired) electrons. The van der Waals surface area contributed by atoms with Gasteiger partial charge in [-0.2, -0.15) is 5.10 Å². The molecule has 0 bridgehead atoms. The fourth-order valence-corrected chi connectivity index (χ4v) is 2.12. The van der Waals surface area contributed by atoms with E-state index in [9.17, 15) is 14.9 Å². The van der Waals surface area contributed by atoms with Crippen molar-refractivity contribution in [2.24, 2.45) is 0 Å². The van der Waals surface area contributed by atoms with Crippen molar-refractivity contribution in [1.29, 1.82) is 0 Å². The lowest BCUT2D eigenvalue weighted by molar-refractivity contribution is -0.385. The van der Waals surface area contributed by atoms with E-state index in [4.69, 9.17) is 5.11 Å². The first-order chi connectivity index (χ1) is 9.81. The zero-order valence-corrected chi connectivity index (χ0v) is 11.8. The first-order valence-electron chi connectivity index (χ1n) is 6.19. The molecule has 2 heterocycles. The molecule has 8 heteroatoms. The van der Waals surface area contributed by atoms with Crippen LogP contribution >= 0.6 is 0 Å². The van der Waals surface area contributed by atoms with Crippen molar-refractivity contribution in [1.82, 2.24) is 14.8 Å². The van der Waals surface area contributed by atoms with E-state index in [1.807, 2.05) is 0 Å². The summed E-state index contributed by atoms with van der Waals surface area (Å²) in [5.41, 5.74) is 2.18. The maximum absolute atomic E-state index is 11.0. The number of carbonyl (C=O) groups is 1. The molecular weight excluding hydrogens is 276 g/mol. The van der Waals surface area contributed by atoms with Crippen molar-refractivity contribution in [3.63, 3.8) is 0 Å². The molecule has 0 amide bonds. The van der Waals surface area contributed by atoms with Gasteiger partial charge in [-0.3, -0.25) is 14.9 Å². The number of aliphatic carboxylic acids is 1. The number of aromatic nitrogens is 3. The quantitative estimate of drug-likeness (QED) is 0.678. The minimum atomic E-state index is -0.955. The average molecular weight is 290 g/mol. The van der Waals surface area contributed by atoms with Gasteiger partial charge in [0.2, 0.25) is 0 Å². The highest BCUT2D eigenvalue weighted by Crippen LogP contribution is 2.22. The van der Waals surface area contributed by atoms with Crippen LogP contribution in [0.25, 0.3) is 5.82 Å². The summed E-state index contributed by atoms with van der Waals surface area (Å²) < 4.78 is 1.43. The monoisotopic (exact) mass is 290 g/mol. The molecule has 2 aromatic rings. The van der Waals surface area contributed by atoms with Gasteiger partial charge in [0.25, 0.3) is 5.69 Å². The second-order valence-electron chi connectivity index (χ2n) is 4.72. The Balaban J connectivity index is 2.55. The minimum absolute atomic E-state index is 0.0488. The Morgan fingerprint density at radius 1 is 1.43 bits per heavy atom. The lowest BCUT2D eigenvalue weighted by Crippen LogP contribution is -2.06. The number of nitrogens with zero attached hydrogens (tertiary/aromatic N) is 4. The van der Waals surface area contributed by atoms with Crippen LogP contribution in [0.4, 0.5) is 5.69 Å². The Morgan fingerprint density at radius 3 is 2.67 bits per heavy atom. The summed E-state index contributed by atoms with van der Waals surface area (Å²) in [6, 6.07) is 1.33. The van der Waals surface area contributed by atoms with Crippen molar-refractivity contribution in [2.45, 2.75) is 27.2 Å². The summed E-state index contributed by atoms with van der Waals surface area (Å²) >= 11 is 0. The van der Waals surface area contributed by atoms with Crippen molar-refractivity contribution in [2.75, 3.05) is 0 Å². The van der Waals surface area contributed by atoms with Gasteiger partial charge in [-0.1, -0.05) is 0 Å². The molecule has 110 valence electrons. The van der Waals surface area contributed by atoms with Crippen LogP contribution in [-0.2, 0) is 11.2 Å². The second-order valence-corrected chi connectivity index (χ2v) is 4.72. The van der Waals surface area contributed by atoms with Gasteiger partial charge in [0, 0.05) is 23.0 Å². The molecule has 0 spiro atoms. The first kappa shape index (κ1) is 14.6. The largest absolute Gasteiger partial charge is 0.481 e. The highest BCUT2D eigenvalue weighted by atomic mass is 16.6. The molecule has 0 aliphatic rings. The van der Waals surface area contributed by atoms with Gasteiger partial charge in [-0.05, 0) is 20.8 Å². The van der Waals surface area contributed by atoms with E-state index < -0.39 is 10.9 Å². The molecular formula is C13H14N4O4. The number of hydrogen-bond acceptors (Lipinski definition) is 5. The van der Waals surface area contributed by atoms with Gasteiger partial charge in [-0.15, -0.1) is 0 Å². The molecule has 0 aliphatic carbocycles. The van der Waals surface area contributed by atoms with Crippen LogP contribution in [0.15, 0.2) is 12.3 Å². The maximum Gasteiger partial charge on any atom is 0.307 e. The Kier molecular flexibility index (Phi) is 3.70. The smallest absolute Gasteiger partial charge is 0.307 e. The lowest BCUT2D eigenvalue weighted by atomic mass is 10.1. The van der Waals surface area contributed by atoms with Crippen molar-refractivity contribution < 1.29 is 14.8 Å². The van der Waals surface area contributed by atoms with Gasteiger partial charge in [0.15, 0.2) is 5.82 Å². The third-order valence-electron chi connectivity index (χ3n) is 3.24. The molecule has 0 saturated heterocycles. The van der Waals surface area contributed by atoms with Crippen molar-refractivity contribution >= 4 is 11.7 Å². The van der Waals surface area contributed by atoms with E-state index in [2.05, 4.69) is 10.1 Å². The Labute approximate surface area is 120 Å². The number of nitro groups is 1. The summed E-state index contributed by atoms with van der Waals surface area (Å²) in [6.45, 7) is 5.02. The average Bonchev–Trinajstić information content (AvgIpc) is 2.66. The van der Waals surface area contributed by atoms with Crippen LogP contribution in [0.3, 0.4) is 0 Å². The van der Waals surface area contributed by atoms with Crippen LogP contribution in [0.1, 0.15) is 22.5 Å². The third kappa shape index (κ3) is 2.73. The Bertz CT molecular complexity index is 736. The van der Waals surface area contributed by atoms with E-state index in [0.29, 0.717) is 28.3 Å². The number of rotatable bonds is 4. The molecule has 2 rings (SSSR count). The molecule has 0 aromatic carbocycles. The standard InChI is InChI=1S/C13H14N4O4/c1-7-6-14-12(5-11(7)17(20)21)16-9(3)10(4-13(18)19)8(2)15-16/h5-6H,4H2,1-3H3,(H,18,19). The number of pyridine rings is 1. The van der Waals surface area contributed by atoms with Crippen molar-refractivity contribution in [3.8, 4) is 5.82 Å². The molecule has 2 aromatic heterocycles. The lowest BCUT2D eigenvalue weighted by Gasteiger charge is -2.05. The number of aryl methyl sites for hydroxylation is 2. The van der Waals surface area contributed by atoms with E-state index >= 15 is 0 Å². The minimum Gasteiger partial charge on any atom is -0.481 e. The highest BCUT2D eigenvalue weighted by molar-refractivity contribution is 5.71. The molecule has 8 nitrogen and oxygen atoms in total. The fraction of sp³-hybridized carbons (Fsp3) is 0.308. The molecule has 21 heavy (non-hydrogen) atoms. The van der Waals surface area contributed by atoms with Gasteiger partial charge in [0.05, 0.1) is 23.1 Å². The van der Waals surface area contributed by atoms with E-state index in [-0.39, 0.29) is 12.1 Å². The molecule has 0 atom stereocenters. The fourth-order valence-electron chi connectivity index (χ4n) is 2.12. The predicted molar refractivity (Wildman–Crippen MR) is 73.6 cm³/mol. The first-order valence-corrected chi connectivity index (χ1v) is 6.19. The summed E-state index contributed by atoms with van der Waals surface area (Å²) in [6.07, 6.45) is 1.26. The number of carboxylic acids is 1. The van der Waals surface area contributed by atoms with E-state index in [1.54, 1.807) is 20.8 Å². The molecule has 0 saturated carbocycles. The second kappa shape index (κ2) is 5.31. The van der Waals surface area contributed by atoms with Crippen LogP contribution in [0, 0.1) is 30.9 Å². The predicted octanol–water partition coefficient (Wildman–Crippen LogP) is 1.73. The zero-order chi connectivity index (χ0) is 15.7. The maximum atomic E-state index is 11.0. The Morgan fingerprint density at radius 2 is 2.10 bits per heavy atom. The number of hydrogen-bond donors (Lipinski definition) is 1. The Hall–Kier alpha value is -2.77. The van der Waals surface area contributed by atoms with Crippen LogP contribution in [-0.4, -0.2) is 30.8 Å². The number of carboxylic acid groups (broad SMARTS) is 1. The SMILES string of the molecule is Cc1cnc(-n2nc(C)c(CC(=O)O)c2C)cc1[N+](=O)[O-]. The molecule has 0 aliphatic heterocycles. The summed E-state index contributed by atoms with van der Waals surface area (Å²) in [7, 11) is 0. The van der Waals surface area contributed by atoms with Crippen molar-refractivity contribution in [3.05, 3.63) is 44.9 Å². The zero-order valence-electron chi connectivity index (χ0n) is 11.8. The summed E-state index contributed by atoms with van der Waals surface area (Å²) in [5.74, 6) is -0.659. The van der Waals surface area contributed by atoms with Crippen LogP contribution in [0.5, 0.6) is 0 Å². The normalized spacial score (nSPS) is 10.6. The summed E-state index contributed by atoms with van der Waals surface area (Å²) in [4.78, 5) is 25.5.